The van der Waals surface area contributed by atoms with Crippen LogP contribution in [0.4, 0.5) is 0 Å². The molecule has 1 unspecified atom stereocenters. The van der Waals surface area contributed by atoms with Gasteiger partial charge in [-0.25, -0.2) is 0 Å². The predicted molar refractivity (Wildman–Crippen MR) is 86.1 cm³/mol. The van der Waals surface area contributed by atoms with E-state index in [4.69, 9.17) is 1.37 Å². The maximum atomic E-state index is 12.4. The van der Waals surface area contributed by atoms with Crippen molar-refractivity contribution in [3.63, 3.8) is 0 Å². The summed E-state index contributed by atoms with van der Waals surface area (Å²) in [4.78, 5) is 0.755. The molecule has 1 nitrogen and oxygen atoms in total. The molecule has 19 heavy (non-hydrogen) atoms. The maximum absolute atomic E-state index is 12.4. The highest BCUT2D eigenvalue weighted by Gasteiger charge is 2.23. The van der Waals surface area contributed by atoms with Crippen molar-refractivity contribution in [2.24, 2.45) is 0 Å². The van der Waals surface area contributed by atoms with Gasteiger partial charge in [0.25, 0.3) is 0 Å². The highest BCUT2D eigenvalue weighted by atomic mass is 32.2. The third-order valence-electron chi connectivity index (χ3n) is 3.28. The van der Waals surface area contributed by atoms with Crippen molar-refractivity contribution in [2.45, 2.75) is 24.0 Å². The Morgan fingerprint density at radius 1 is 1.00 bits per heavy atom. The minimum Gasteiger partial charge on any atom is -0.254 e. The van der Waals surface area contributed by atoms with Crippen molar-refractivity contribution in [1.82, 2.24) is 0 Å². The van der Waals surface area contributed by atoms with Crippen molar-refractivity contribution in [3.8, 4) is 0 Å². The van der Waals surface area contributed by atoms with Gasteiger partial charge in [0, 0.05) is 12.0 Å². The zero-order valence-electron chi connectivity index (χ0n) is 12.4. The zero-order chi connectivity index (χ0) is 14.6. The van der Waals surface area contributed by atoms with E-state index in [0.29, 0.717) is 6.04 Å². The molecule has 0 amide bonds. The van der Waals surface area contributed by atoms with Crippen LogP contribution >= 0.6 is 0 Å². The Kier molecular flexibility index (Phi) is 4.25. The monoisotopic (exact) mass is 289 g/mol. The molecule has 0 saturated heterocycles. The largest absolute Gasteiger partial charge is 0.254 e. The smallest absolute Gasteiger partial charge is 0.0815 e. The van der Waals surface area contributed by atoms with Gasteiger partial charge in [-0.2, -0.15) is 0 Å². The van der Waals surface area contributed by atoms with Crippen molar-refractivity contribution in [1.29, 1.82) is 0 Å². The summed E-state index contributed by atoms with van der Waals surface area (Å²) >= 11 is 0. The second-order valence-electron chi connectivity index (χ2n) is 5.23. The van der Waals surface area contributed by atoms with Crippen LogP contribution in [0.5, 0.6) is 0 Å². The second-order valence-corrected chi connectivity index (χ2v) is 11.4. The van der Waals surface area contributed by atoms with Gasteiger partial charge in [0.1, 0.15) is 0 Å². The normalized spacial score (nSPS) is 15.6. The Morgan fingerprint density at radius 2 is 1.53 bits per heavy atom. The van der Waals surface area contributed by atoms with Crippen molar-refractivity contribution in [3.05, 3.63) is 60.7 Å². The summed E-state index contributed by atoms with van der Waals surface area (Å²) in [6, 6.07) is 20.4. The van der Waals surface area contributed by atoms with Crippen molar-refractivity contribution >= 4 is 24.1 Å². The van der Waals surface area contributed by atoms with Crippen LogP contribution in [0.25, 0.3) is 0 Å². The van der Waals surface area contributed by atoms with E-state index in [-0.39, 0.29) is 0 Å². The van der Waals surface area contributed by atoms with E-state index in [1.165, 1.54) is 5.19 Å². The van der Waals surface area contributed by atoms with E-state index >= 15 is 0 Å². The predicted octanol–water partition coefficient (Wildman–Crippen LogP) is 3.41. The van der Waals surface area contributed by atoms with Gasteiger partial charge >= 0.3 is 0 Å². The molecule has 100 valence electrons. The summed E-state index contributed by atoms with van der Waals surface area (Å²) in [6.07, 6.45) is 0. The van der Waals surface area contributed by atoms with Crippen LogP contribution in [0.15, 0.2) is 65.6 Å². The molecule has 0 spiro atoms. The van der Waals surface area contributed by atoms with Crippen LogP contribution in [0.1, 0.15) is 1.37 Å². The molecular weight excluding hydrogens is 268 g/mol. The SMILES string of the molecule is [2H][C@H](C[Si](C)(C)c1ccccc1)S(=O)c1ccccc1. The van der Waals surface area contributed by atoms with E-state index in [0.717, 1.165) is 4.90 Å². The second kappa shape index (κ2) is 6.31. The fourth-order valence-corrected chi connectivity index (χ4v) is 6.16. The van der Waals surface area contributed by atoms with Crippen LogP contribution < -0.4 is 5.19 Å². The number of rotatable bonds is 5. The van der Waals surface area contributed by atoms with Gasteiger partial charge in [-0.3, -0.25) is 4.21 Å². The summed E-state index contributed by atoms with van der Waals surface area (Å²) in [5.74, 6) is 0. The summed E-state index contributed by atoms with van der Waals surface area (Å²) < 4.78 is 20.7. The van der Waals surface area contributed by atoms with Crippen molar-refractivity contribution < 1.29 is 5.58 Å². The van der Waals surface area contributed by atoms with Crippen molar-refractivity contribution in [2.75, 3.05) is 5.73 Å². The minimum absolute atomic E-state index is 0.556. The van der Waals surface area contributed by atoms with Gasteiger partial charge < -0.3 is 0 Å². The first-order valence-corrected chi connectivity index (χ1v) is 10.9. The van der Waals surface area contributed by atoms with E-state index in [9.17, 15) is 4.21 Å². The number of hydrogen-bond donors (Lipinski definition) is 0. The Morgan fingerprint density at radius 3 is 2.11 bits per heavy atom. The van der Waals surface area contributed by atoms with E-state index in [1.807, 2.05) is 48.5 Å². The number of hydrogen-bond acceptors (Lipinski definition) is 1. The van der Waals surface area contributed by atoms with Crippen LogP contribution in [0.2, 0.25) is 19.1 Å². The molecule has 0 aliphatic carbocycles. The quantitative estimate of drug-likeness (QED) is 0.771. The Labute approximate surface area is 120 Å². The molecule has 0 radical (unpaired) electrons. The van der Waals surface area contributed by atoms with Crippen LogP contribution in [-0.2, 0) is 10.8 Å². The summed E-state index contributed by atoms with van der Waals surface area (Å²) in [7, 11) is -2.97. The fraction of sp³-hybridized carbons (Fsp3) is 0.250. The molecule has 0 N–H and O–H groups in total. The van der Waals surface area contributed by atoms with E-state index < -0.39 is 24.6 Å². The molecule has 0 aliphatic rings. The first-order chi connectivity index (χ1) is 9.50. The molecular formula is C16H20OSSi. The summed E-state index contributed by atoms with van der Waals surface area (Å²) in [5.41, 5.74) is -0.556. The molecule has 2 aromatic carbocycles. The average molecular weight is 289 g/mol. The molecule has 2 rings (SSSR count). The Balaban J connectivity index is 2.11. The standard InChI is InChI=1S/C16H20OSSi/c1-19(2,16-11-7-4-8-12-16)14-13-18(17)15-9-5-3-6-10-15/h3-12H,13-14H2,1-2H3/i13D/t13-,18?/m1/s1. The maximum Gasteiger partial charge on any atom is 0.0815 e. The molecule has 2 aromatic rings. The van der Waals surface area contributed by atoms with Crippen LogP contribution in [0, 0.1) is 0 Å². The van der Waals surface area contributed by atoms with Gasteiger partial charge in [0.15, 0.2) is 0 Å². The summed E-state index contributed by atoms with van der Waals surface area (Å²) in [6.45, 7) is 4.48. The van der Waals surface area contributed by atoms with Gasteiger partial charge in [-0.15, -0.1) is 0 Å². The topological polar surface area (TPSA) is 17.1 Å². The minimum atomic E-state index is -1.72. The number of benzene rings is 2. The lowest BCUT2D eigenvalue weighted by Gasteiger charge is -2.22. The Hall–Kier alpha value is -1.19. The van der Waals surface area contributed by atoms with E-state index in [2.05, 4.69) is 25.2 Å². The first-order valence-electron chi connectivity index (χ1n) is 7.02. The lowest BCUT2D eigenvalue weighted by atomic mass is 10.4. The van der Waals surface area contributed by atoms with E-state index in [1.54, 1.807) is 0 Å². The molecule has 2 atom stereocenters. The van der Waals surface area contributed by atoms with Gasteiger partial charge in [0.2, 0.25) is 0 Å². The molecule has 0 saturated carbocycles. The molecule has 0 aliphatic heterocycles. The van der Waals surface area contributed by atoms with Gasteiger partial charge in [0.05, 0.1) is 18.9 Å². The highest BCUT2D eigenvalue weighted by molar-refractivity contribution is 7.85. The molecule has 0 aromatic heterocycles. The molecule has 3 heteroatoms. The zero-order valence-corrected chi connectivity index (χ0v) is 13.2. The first kappa shape index (κ1) is 12.8. The van der Waals surface area contributed by atoms with Gasteiger partial charge in [-0.05, 0) is 18.2 Å². The Bertz CT molecular complexity index is 572. The lowest BCUT2D eigenvalue weighted by Crippen LogP contribution is -2.42. The lowest BCUT2D eigenvalue weighted by molar-refractivity contribution is 0.683. The van der Waals surface area contributed by atoms with Crippen LogP contribution in [-0.4, -0.2) is 18.0 Å². The molecule has 0 heterocycles. The third-order valence-corrected chi connectivity index (χ3v) is 7.90. The fourth-order valence-electron chi connectivity index (χ4n) is 1.94. The highest BCUT2D eigenvalue weighted by Crippen LogP contribution is 2.14. The third kappa shape index (κ3) is 3.88. The molecule has 0 bridgehead atoms. The average Bonchev–Trinajstić information content (AvgIpc) is 2.48. The summed E-state index contributed by atoms with van der Waals surface area (Å²) in [5, 5.41) is 1.32. The molecule has 0 fully saturated rings. The van der Waals surface area contributed by atoms with Crippen LogP contribution in [0.3, 0.4) is 0 Å². The van der Waals surface area contributed by atoms with Gasteiger partial charge in [-0.1, -0.05) is 66.8 Å².